The molecule has 3 rings (SSSR count). The van der Waals surface area contributed by atoms with Gasteiger partial charge in [0.15, 0.2) is 0 Å². The molecule has 0 bridgehead atoms. The number of nitrogens with zero attached hydrogens (tertiary/aromatic N) is 2. The van der Waals surface area contributed by atoms with Crippen LogP contribution in [0.1, 0.15) is 25.8 Å². The van der Waals surface area contributed by atoms with Crippen LogP contribution in [0.2, 0.25) is 0 Å². The maximum Gasteiger partial charge on any atom is 0.111 e. The third-order valence-corrected chi connectivity index (χ3v) is 3.76. The van der Waals surface area contributed by atoms with Crippen LogP contribution in [0, 0.1) is 5.92 Å². The van der Waals surface area contributed by atoms with E-state index in [0.29, 0.717) is 0 Å². The molecule has 0 saturated carbocycles. The molecule has 2 aliphatic rings. The highest BCUT2D eigenvalue weighted by Crippen LogP contribution is 2.36. The van der Waals surface area contributed by atoms with Gasteiger partial charge in [-0.25, -0.2) is 4.99 Å². The van der Waals surface area contributed by atoms with E-state index in [1.807, 2.05) is 19.9 Å². The van der Waals surface area contributed by atoms with E-state index >= 15 is 0 Å². The van der Waals surface area contributed by atoms with E-state index in [-0.39, 0.29) is 5.92 Å². The van der Waals surface area contributed by atoms with Crippen molar-refractivity contribution in [1.29, 1.82) is 0 Å². The van der Waals surface area contributed by atoms with Crippen LogP contribution in [-0.2, 0) is 6.54 Å². The molecule has 90 valence electrons. The minimum Gasteiger partial charge on any atom is -0.390 e. The summed E-state index contributed by atoms with van der Waals surface area (Å²) in [5.74, 6) is 1.23. The van der Waals surface area contributed by atoms with Crippen molar-refractivity contribution in [3.63, 3.8) is 0 Å². The fourth-order valence-corrected chi connectivity index (χ4v) is 2.81. The van der Waals surface area contributed by atoms with Crippen molar-refractivity contribution in [2.75, 3.05) is 6.54 Å². The molecule has 0 spiro atoms. The highest BCUT2D eigenvalue weighted by atomic mass is 16.3. The van der Waals surface area contributed by atoms with Gasteiger partial charge in [-0.05, 0) is 31.9 Å². The quantitative estimate of drug-likeness (QED) is 0.803. The predicted octanol–water partition coefficient (Wildman–Crippen LogP) is 2.32. The summed E-state index contributed by atoms with van der Waals surface area (Å²) in [6.45, 7) is 5.69. The van der Waals surface area contributed by atoms with Crippen LogP contribution in [0.4, 0.5) is 5.69 Å². The summed E-state index contributed by atoms with van der Waals surface area (Å²) < 4.78 is 0. The smallest absolute Gasteiger partial charge is 0.111 e. The molecule has 3 heteroatoms. The Kier molecular flexibility index (Phi) is 2.26. The lowest BCUT2D eigenvalue weighted by Gasteiger charge is -2.31. The van der Waals surface area contributed by atoms with E-state index < -0.39 is 5.60 Å². The molecular formula is C14H18N2O. The topological polar surface area (TPSA) is 35.8 Å². The number of rotatable bonds is 1. The second kappa shape index (κ2) is 3.57. The Morgan fingerprint density at radius 1 is 1.35 bits per heavy atom. The summed E-state index contributed by atoms with van der Waals surface area (Å²) in [5, 5.41) is 10.2. The van der Waals surface area contributed by atoms with Gasteiger partial charge in [-0.3, -0.25) is 0 Å². The summed E-state index contributed by atoms with van der Waals surface area (Å²) >= 11 is 0. The molecule has 0 aliphatic carbocycles. The zero-order valence-corrected chi connectivity index (χ0v) is 10.3. The number of fused-ring (bicyclic) bond motifs is 2. The van der Waals surface area contributed by atoms with Crippen molar-refractivity contribution >= 4 is 11.5 Å². The van der Waals surface area contributed by atoms with Gasteiger partial charge in [-0.2, -0.15) is 0 Å². The first-order chi connectivity index (χ1) is 8.05. The Balaban J connectivity index is 2.02. The first kappa shape index (κ1) is 10.8. The lowest BCUT2D eigenvalue weighted by atomic mass is 9.89. The van der Waals surface area contributed by atoms with Gasteiger partial charge < -0.3 is 10.0 Å². The molecular weight excluding hydrogens is 212 g/mol. The van der Waals surface area contributed by atoms with Crippen molar-refractivity contribution in [2.24, 2.45) is 10.9 Å². The summed E-state index contributed by atoms with van der Waals surface area (Å²) in [7, 11) is 0. The van der Waals surface area contributed by atoms with E-state index in [1.54, 1.807) is 0 Å². The van der Waals surface area contributed by atoms with Crippen molar-refractivity contribution in [2.45, 2.75) is 32.4 Å². The average molecular weight is 230 g/mol. The molecule has 2 heterocycles. The average Bonchev–Trinajstić information content (AvgIpc) is 2.68. The van der Waals surface area contributed by atoms with Crippen molar-refractivity contribution in [3.8, 4) is 0 Å². The second-order valence-corrected chi connectivity index (χ2v) is 5.52. The fraction of sp³-hybridized carbons (Fsp3) is 0.500. The number of aliphatic hydroxyl groups is 1. The van der Waals surface area contributed by atoms with Crippen LogP contribution in [0.5, 0.6) is 0 Å². The van der Waals surface area contributed by atoms with Gasteiger partial charge in [0.05, 0.1) is 11.3 Å². The zero-order valence-electron chi connectivity index (χ0n) is 10.3. The Labute approximate surface area is 102 Å². The normalized spacial score (nSPS) is 23.1. The monoisotopic (exact) mass is 230 g/mol. The molecule has 1 atom stereocenters. The van der Waals surface area contributed by atoms with Crippen molar-refractivity contribution in [1.82, 2.24) is 4.90 Å². The summed E-state index contributed by atoms with van der Waals surface area (Å²) in [4.78, 5) is 7.03. The maximum absolute atomic E-state index is 10.2. The number of para-hydroxylation sites is 1. The number of hydrogen-bond donors (Lipinski definition) is 1. The number of amidine groups is 1. The van der Waals surface area contributed by atoms with Crippen LogP contribution >= 0.6 is 0 Å². The number of aliphatic imine (C=N–C) groups is 1. The highest BCUT2D eigenvalue weighted by Gasteiger charge is 2.40. The van der Waals surface area contributed by atoms with E-state index in [2.05, 4.69) is 23.1 Å². The lowest BCUT2D eigenvalue weighted by Crippen LogP contribution is -2.39. The molecule has 1 fully saturated rings. The van der Waals surface area contributed by atoms with Crippen LogP contribution in [0.3, 0.4) is 0 Å². The van der Waals surface area contributed by atoms with Crippen LogP contribution in [-0.4, -0.2) is 28.0 Å². The van der Waals surface area contributed by atoms with Gasteiger partial charge in [-0.15, -0.1) is 0 Å². The van der Waals surface area contributed by atoms with Gasteiger partial charge in [0.1, 0.15) is 5.84 Å². The molecule has 3 nitrogen and oxygen atoms in total. The summed E-state index contributed by atoms with van der Waals surface area (Å²) in [6.07, 6.45) is 0.996. The van der Waals surface area contributed by atoms with Gasteiger partial charge in [0, 0.05) is 19.0 Å². The van der Waals surface area contributed by atoms with Gasteiger partial charge in [0.2, 0.25) is 0 Å². The maximum atomic E-state index is 10.2. The minimum absolute atomic E-state index is 0.163. The van der Waals surface area contributed by atoms with Crippen molar-refractivity contribution < 1.29 is 5.11 Å². The molecule has 2 aliphatic heterocycles. The van der Waals surface area contributed by atoms with E-state index in [1.165, 1.54) is 5.56 Å². The van der Waals surface area contributed by atoms with E-state index in [0.717, 1.165) is 31.0 Å². The molecule has 1 aromatic carbocycles. The van der Waals surface area contributed by atoms with Gasteiger partial charge >= 0.3 is 0 Å². The van der Waals surface area contributed by atoms with E-state index in [9.17, 15) is 5.11 Å². The predicted molar refractivity (Wildman–Crippen MR) is 68.4 cm³/mol. The first-order valence-electron chi connectivity index (χ1n) is 6.19. The molecule has 17 heavy (non-hydrogen) atoms. The first-order valence-corrected chi connectivity index (χ1v) is 6.19. The summed E-state index contributed by atoms with van der Waals surface area (Å²) in [5.41, 5.74) is 1.67. The van der Waals surface area contributed by atoms with Gasteiger partial charge in [0.25, 0.3) is 0 Å². The molecule has 1 unspecified atom stereocenters. The third-order valence-electron chi connectivity index (χ3n) is 3.76. The molecule has 1 saturated heterocycles. The Morgan fingerprint density at radius 2 is 2.12 bits per heavy atom. The van der Waals surface area contributed by atoms with E-state index in [4.69, 9.17) is 4.99 Å². The number of benzene rings is 1. The van der Waals surface area contributed by atoms with Gasteiger partial charge in [-0.1, -0.05) is 18.2 Å². The molecule has 1 N–H and O–H groups in total. The van der Waals surface area contributed by atoms with Crippen LogP contribution in [0.25, 0.3) is 0 Å². The Morgan fingerprint density at radius 3 is 2.88 bits per heavy atom. The molecule has 0 radical (unpaired) electrons. The third kappa shape index (κ3) is 1.75. The molecule has 0 aromatic heterocycles. The number of hydrogen-bond acceptors (Lipinski definition) is 3. The van der Waals surface area contributed by atoms with Crippen molar-refractivity contribution in [3.05, 3.63) is 29.8 Å². The fourth-order valence-electron chi connectivity index (χ4n) is 2.81. The Bertz CT molecular complexity index is 473. The molecule has 1 aromatic rings. The largest absolute Gasteiger partial charge is 0.390 e. The second-order valence-electron chi connectivity index (χ2n) is 5.52. The van der Waals surface area contributed by atoms with Crippen LogP contribution < -0.4 is 0 Å². The standard InChI is InChI=1S/C14H18N2O/c1-14(2,17)11-7-8-16-9-10-5-3-4-6-12(10)15-13(11)16/h3-6,11,17H,7-9H2,1-2H3. The van der Waals surface area contributed by atoms with Crippen LogP contribution in [0.15, 0.2) is 29.3 Å². The minimum atomic E-state index is -0.681. The highest BCUT2D eigenvalue weighted by molar-refractivity contribution is 5.91. The SMILES string of the molecule is CC(C)(O)C1CCN2Cc3ccccc3N=C12. The lowest BCUT2D eigenvalue weighted by molar-refractivity contribution is 0.0459. The molecule has 0 amide bonds. The summed E-state index contributed by atoms with van der Waals surface area (Å²) in [6, 6.07) is 8.27. The zero-order chi connectivity index (χ0) is 12.0. The Hall–Kier alpha value is -1.35.